The average molecular weight is 223 g/mol. The van der Waals surface area contributed by atoms with Crippen LogP contribution < -0.4 is 0 Å². The molecule has 1 heterocycles. The van der Waals surface area contributed by atoms with Crippen LogP contribution in [0.25, 0.3) is 0 Å². The molecule has 1 rings (SSSR count). The van der Waals surface area contributed by atoms with Gasteiger partial charge in [-0.15, -0.1) is 0 Å². The second-order valence-corrected chi connectivity index (χ2v) is 4.71. The van der Waals surface area contributed by atoms with E-state index in [-0.39, 0.29) is 12.9 Å². The maximum Gasteiger partial charge on any atom is 0.415 e. The Bertz CT molecular complexity index is 379. The normalized spacial score (nSPS) is 21.6. The topological polar surface area (TPSA) is 29.5 Å². The van der Waals surface area contributed by atoms with Gasteiger partial charge in [-0.2, -0.15) is 0 Å². The van der Waals surface area contributed by atoms with Crippen molar-refractivity contribution in [2.75, 3.05) is 0 Å². The van der Waals surface area contributed by atoms with Crippen molar-refractivity contribution in [3.05, 3.63) is 36.6 Å². The fourth-order valence-corrected chi connectivity index (χ4v) is 1.46. The summed E-state index contributed by atoms with van der Waals surface area (Å²) in [7, 11) is 0. The quantitative estimate of drug-likeness (QED) is 0.683. The predicted octanol–water partition coefficient (Wildman–Crippen LogP) is 3.25. The van der Waals surface area contributed by atoms with E-state index in [9.17, 15) is 4.79 Å². The van der Waals surface area contributed by atoms with Crippen molar-refractivity contribution in [2.24, 2.45) is 0 Å². The summed E-state index contributed by atoms with van der Waals surface area (Å²) in [5.41, 5.74) is 0.822. The number of rotatable bonds is 1. The summed E-state index contributed by atoms with van der Waals surface area (Å²) in [4.78, 5) is 13.4. The molecule has 3 nitrogen and oxygen atoms in total. The highest BCUT2D eigenvalue weighted by molar-refractivity contribution is 5.74. The van der Waals surface area contributed by atoms with Crippen molar-refractivity contribution in [1.29, 1.82) is 0 Å². The summed E-state index contributed by atoms with van der Waals surface area (Å²) in [6, 6.07) is -0.338. The average Bonchev–Trinajstić information content (AvgIpc) is 2.51. The molecule has 0 aromatic rings. The molecule has 0 unspecified atom stereocenters. The lowest BCUT2D eigenvalue weighted by atomic mass is 10.1. The van der Waals surface area contributed by atoms with Crippen LogP contribution in [-0.2, 0) is 4.74 Å². The van der Waals surface area contributed by atoms with Gasteiger partial charge in [0.05, 0.1) is 6.04 Å². The smallest absolute Gasteiger partial charge is 0.415 e. The molecule has 1 aliphatic heterocycles. The minimum atomic E-state index is -0.555. The van der Waals surface area contributed by atoms with Gasteiger partial charge in [0.1, 0.15) is 5.60 Å². The number of nitrogens with zero attached hydrogens (tertiary/aromatic N) is 1. The molecular weight excluding hydrogens is 202 g/mol. The number of hydrogen-bond donors (Lipinski definition) is 0. The van der Waals surface area contributed by atoms with Crippen LogP contribution in [0.3, 0.4) is 0 Å². The molecule has 3 heteroatoms. The molecule has 1 atom stereocenters. The van der Waals surface area contributed by atoms with E-state index in [1.54, 1.807) is 32.9 Å². The van der Waals surface area contributed by atoms with E-state index in [1.165, 1.54) is 4.90 Å². The number of allylic oxidation sites excluding steroid dienone is 1. The minimum absolute atomic E-state index is 0.0656. The summed E-state index contributed by atoms with van der Waals surface area (Å²) >= 11 is 0. The zero-order chi connectivity index (χ0) is 13.2. The third-order valence-electron chi connectivity index (χ3n) is 2.17. The Morgan fingerprint density at radius 1 is 1.69 bits per heavy atom. The molecular formula is C13H19NO2. The Balaban J connectivity index is 2.88. The lowest BCUT2D eigenvalue weighted by Crippen LogP contribution is -2.38. The van der Waals surface area contributed by atoms with Crippen molar-refractivity contribution >= 4 is 6.09 Å². The molecule has 0 saturated heterocycles. The Labute approximate surface area is 98.5 Å². The molecule has 16 heavy (non-hydrogen) atoms. The minimum Gasteiger partial charge on any atom is -0.443 e. The molecule has 1 amide bonds. The van der Waals surface area contributed by atoms with E-state index in [0.29, 0.717) is 5.70 Å². The lowest BCUT2D eigenvalue weighted by molar-refractivity contribution is 0.0299. The molecule has 88 valence electrons. The van der Waals surface area contributed by atoms with Gasteiger partial charge in [-0.3, -0.25) is 4.90 Å². The number of ether oxygens (including phenoxy) is 1. The van der Waals surface area contributed by atoms with Crippen molar-refractivity contribution in [2.45, 2.75) is 39.3 Å². The summed E-state index contributed by atoms with van der Waals surface area (Å²) in [5.74, 6) is 0. The Morgan fingerprint density at radius 2 is 2.31 bits per heavy atom. The van der Waals surface area contributed by atoms with Crippen molar-refractivity contribution in [1.82, 2.24) is 4.90 Å². The van der Waals surface area contributed by atoms with E-state index in [1.807, 2.05) is 0 Å². The van der Waals surface area contributed by atoms with Crippen LogP contribution in [0.1, 0.15) is 29.0 Å². The van der Waals surface area contributed by atoms with Crippen molar-refractivity contribution in [3.63, 3.8) is 0 Å². The second-order valence-electron chi connectivity index (χ2n) is 4.71. The highest BCUT2D eigenvalue weighted by Crippen LogP contribution is 2.27. The largest absolute Gasteiger partial charge is 0.443 e. The van der Waals surface area contributed by atoms with Gasteiger partial charge in [0.15, 0.2) is 0 Å². The summed E-state index contributed by atoms with van der Waals surface area (Å²) in [5, 5.41) is 0. The number of amides is 1. The van der Waals surface area contributed by atoms with Crippen LogP contribution in [0, 0.1) is 0 Å². The monoisotopic (exact) mass is 223 g/mol. The van der Waals surface area contributed by atoms with Gasteiger partial charge < -0.3 is 4.74 Å². The molecule has 0 spiro atoms. The van der Waals surface area contributed by atoms with E-state index >= 15 is 0 Å². The summed E-state index contributed by atoms with van der Waals surface area (Å²) < 4.78 is 12.8. The molecule has 0 fully saturated rings. The zero-order valence-corrected chi connectivity index (χ0v) is 10.1. The van der Waals surface area contributed by atoms with Gasteiger partial charge in [0.25, 0.3) is 0 Å². The molecule has 0 aromatic carbocycles. The van der Waals surface area contributed by atoms with Crippen LogP contribution in [0.5, 0.6) is 0 Å². The molecule has 0 aliphatic carbocycles. The number of carbonyl (C=O) groups is 1. The van der Waals surface area contributed by atoms with E-state index in [4.69, 9.17) is 6.11 Å². The molecule has 0 N–H and O–H groups in total. The molecule has 1 aliphatic rings. The molecule has 0 bridgehead atoms. The standard InChI is InChI=1S/C13H19NO2/c1-7-11-8-9(2)14(10(11)3)12(15)16-13(4,5)6/h7-8,10H,1-2H2,3-6H3/t10-/m1/s1/i3T. The van der Waals surface area contributed by atoms with Crippen molar-refractivity contribution < 1.29 is 10.9 Å². The molecule has 0 saturated carbocycles. The van der Waals surface area contributed by atoms with Gasteiger partial charge in [0.2, 0.25) is 0 Å². The Morgan fingerprint density at radius 3 is 2.75 bits per heavy atom. The van der Waals surface area contributed by atoms with Crippen LogP contribution >= 0.6 is 0 Å². The van der Waals surface area contributed by atoms with Crippen LogP contribution in [0.4, 0.5) is 4.79 Å². The lowest BCUT2D eigenvalue weighted by Gasteiger charge is -2.28. The van der Waals surface area contributed by atoms with Crippen molar-refractivity contribution in [3.8, 4) is 0 Å². The first-order chi connectivity index (χ1) is 7.80. The highest BCUT2D eigenvalue weighted by atomic mass is 16.6. The van der Waals surface area contributed by atoms with Gasteiger partial charge in [0, 0.05) is 7.07 Å². The third-order valence-corrected chi connectivity index (χ3v) is 2.17. The van der Waals surface area contributed by atoms with E-state index < -0.39 is 11.7 Å². The zero-order valence-electron chi connectivity index (χ0n) is 11.1. The van der Waals surface area contributed by atoms with Gasteiger partial charge in [-0.05, 0) is 39.3 Å². The maximum atomic E-state index is 12.0. The molecule has 0 radical (unpaired) electrons. The highest BCUT2D eigenvalue weighted by Gasteiger charge is 2.32. The number of carbonyl (C=O) groups excluding carboxylic acids is 1. The van der Waals surface area contributed by atoms with E-state index in [0.717, 1.165) is 5.57 Å². The summed E-state index contributed by atoms with van der Waals surface area (Å²) in [6.07, 6.45) is 2.94. The SMILES string of the molecule is [3H]C[C@@H]1C(C=C)=CC(=C)N1C(=O)OC(C)(C)C. The molecule has 0 aromatic heterocycles. The van der Waals surface area contributed by atoms with Crippen LogP contribution in [0.15, 0.2) is 36.6 Å². The van der Waals surface area contributed by atoms with Gasteiger partial charge in [-0.25, -0.2) is 4.79 Å². The maximum absolute atomic E-state index is 12.0. The first-order valence-corrected chi connectivity index (χ1v) is 5.14. The first-order valence-electron chi connectivity index (χ1n) is 5.85. The fourth-order valence-electron chi connectivity index (χ4n) is 1.46. The third kappa shape index (κ3) is 2.54. The van der Waals surface area contributed by atoms with Gasteiger partial charge in [-0.1, -0.05) is 19.2 Å². The predicted molar refractivity (Wildman–Crippen MR) is 65.0 cm³/mol. The van der Waals surface area contributed by atoms with E-state index in [2.05, 4.69) is 13.2 Å². The van der Waals surface area contributed by atoms with Crippen LogP contribution in [0.2, 0.25) is 0 Å². The van der Waals surface area contributed by atoms with Crippen LogP contribution in [-0.4, -0.2) is 22.6 Å². The van der Waals surface area contributed by atoms with Gasteiger partial charge >= 0.3 is 6.09 Å². The Hall–Kier alpha value is -1.51. The first kappa shape index (κ1) is 11.0. The fraction of sp³-hybridized carbons (Fsp3) is 0.462. The second kappa shape index (κ2) is 4.16. The Kier molecular flexibility index (Phi) is 2.86. The summed E-state index contributed by atoms with van der Waals surface area (Å²) in [6.45, 7) is 13.0. The number of hydrogen-bond acceptors (Lipinski definition) is 2.